The number of nitrogens with zero attached hydrogens (tertiary/aromatic N) is 3. The van der Waals surface area contributed by atoms with Crippen molar-refractivity contribution in [2.75, 3.05) is 38.1 Å². The molecular formula is C14H19N3O2. The summed E-state index contributed by atoms with van der Waals surface area (Å²) in [5, 5.41) is 11.1. The van der Waals surface area contributed by atoms with Crippen molar-refractivity contribution in [1.29, 1.82) is 0 Å². The van der Waals surface area contributed by atoms with Crippen LogP contribution in [0.1, 0.15) is 24.3 Å². The maximum atomic E-state index is 11.1. The zero-order chi connectivity index (χ0) is 13.4. The van der Waals surface area contributed by atoms with E-state index in [1.807, 2.05) is 12.1 Å². The number of likely N-dealkylation sites (N-methyl/N-ethyl adjacent to an activating group) is 1. The normalized spacial score (nSPS) is 20.6. The van der Waals surface area contributed by atoms with Crippen LogP contribution in [0, 0.1) is 10.1 Å². The third kappa shape index (κ3) is 2.56. The van der Waals surface area contributed by atoms with Gasteiger partial charge in [-0.1, -0.05) is 0 Å². The van der Waals surface area contributed by atoms with Gasteiger partial charge in [0.15, 0.2) is 0 Å². The molecule has 0 atom stereocenters. The minimum absolute atomic E-state index is 0.249. The molecule has 2 fully saturated rings. The van der Waals surface area contributed by atoms with Crippen LogP contribution in [0.15, 0.2) is 18.2 Å². The van der Waals surface area contributed by atoms with Crippen LogP contribution in [-0.2, 0) is 0 Å². The number of hydrogen-bond acceptors (Lipinski definition) is 4. The van der Waals surface area contributed by atoms with Crippen LogP contribution >= 0.6 is 0 Å². The summed E-state index contributed by atoms with van der Waals surface area (Å²) in [7, 11) is 2.13. The minimum Gasteiger partial charge on any atom is -0.369 e. The van der Waals surface area contributed by atoms with E-state index in [1.165, 1.54) is 0 Å². The molecule has 102 valence electrons. The second-order valence-electron chi connectivity index (χ2n) is 5.56. The van der Waals surface area contributed by atoms with Crippen molar-refractivity contribution in [2.24, 2.45) is 0 Å². The van der Waals surface area contributed by atoms with E-state index in [0.29, 0.717) is 11.6 Å². The number of anilines is 1. The molecule has 1 aromatic rings. The molecule has 1 heterocycles. The molecule has 0 N–H and O–H groups in total. The number of nitro benzene ring substituents is 1. The highest BCUT2D eigenvalue weighted by Gasteiger charge is 2.31. The Labute approximate surface area is 113 Å². The summed E-state index contributed by atoms with van der Waals surface area (Å²) in [6, 6.07) is 5.62. The second-order valence-corrected chi connectivity index (χ2v) is 5.56. The third-order valence-corrected chi connectivity index (χ3v) is 4.09. The maximum absolute atomic E-state index is 11.1. The number of benzene rings is 1. The molecule has 0 unspecified atom stereocenters. The van der Waals surface area contributed by atoms with Gasteiger partial charge in [-0.2, -0.15) is 0 Å². The van der Waals surface area contributed by atoms with E-state index in [2.05, 4.69) is 16.8 Å². The Bertz CT molecular complexity index is 491. The van der Waals surface area contributed by atoms with Crippen molar-refractivity contribution in [3.63, 3.8) is 0 Å². The summed E-state index contributed by atoms with van der Waals surface area (Å²) in [5.74, 6) is 0.410. The Morgan fingerprint density at radius 2 is 1.89 bits per heavy atom. The van der Waals surface area contributed by atoms with Gasteiger partial charge in [-0.25, -0.2) is 0 Å². The van der Waals surface area contributed by atoms with Gasteiger partial charge in [0.25, 0.3) is 5.69 Å². The number of nitro groups is 1. The lowest BCUT2D eigenvalue weighted by Gasteiger charge is -2.34. The summed E-state index contributed by atoms with van der Waals surface area (Å²) in [6.07, 6.45) is 2.18. The summed E-state index contributed by atoms with van der Waals surface area (Å²) in [6.45, 7) is 4.10. The molecule has 1 aromatic carbocycles. The van der Waals surface area contributed by atoms with E-state index in [-0.39, 0.29) is 4.92 Å². The van der Waals surface area contributed by atoms with E-state index in [1.54, 1.807) is 6.07 Å². The lowest BCUT2D eigenvalue weighted by atomic mass is 10.1. The molecule has 0 bridgehead atoms. The van der Waals surface area contributed by atoms with Gasteiger partial charge in [0, 0.05) is 43.5 Å². The average molecular weight is 261 g/mol. The highest BCUT2D eigenvalue weighted by molar-refractivity contribution is 5.58. The standard InChI is InChI=1S/C14H19N3O2/c1-15-6-8-16(9-7-15)12-4-5-14(17(18)19)13(10-12)11-2-3-11/h4-5,10-11H,2-3,6-9H2,1H3. The molecule has 2 aliphatic rings. The molecule has 1 aliphatic heterocycles. The first-order valence-corrected chi connectivity index (χ1v) is 6.87. The number of piperazine rings is 1. The Morgan fingerprint density at radius 1 is 1.21 bits per heavy atom. The van der Waals surface area contributed by atoms with E-state index >= 15 is 0 Å². The molecular weight excluding hydrogens is 242 g/mol. The summed E-state index contributed by atoms with van der Waals surface area (Å²) < 4.78 is 0. The topological polar surface area (TPSA) is 49.6 Å². The van der Waals surface area contributed by atoms with Gasteiger partial charge in [-0.05, 0) is 37.9 Å². The van der Waals surface area contributed by atoms with E-state index in [9.17, 15) is 10.1 Å². The number of hydrogen-bond donors (Lipinski definition) is 0. The van der Waals surface area contributed by atoms with Crippen LogP contribution < -0.4 is 4.90 Å². The van der Waals surface area contributed by atoms with E-state index in [4.69, 9.17) is 0 Å². The minimum atomic E-state index is -0.249. The zero-order valence-electron chi connectivity index (χ0n) is 11.2. The van der Waals surface area contributed by atoms with Crippen LogP contribution in [0.4, 0.5) is 11.4 Å². The Balaban J connectivity index is 1.86. The largest absolute Gasteiger partial charge is 0.369 e. The van der Waals surface area contributed by atoms with Crippen molar-refractivity contribution in [1.82, 2.24) is 4.90 Å². The number of rotatable bonds is 3. The Morgan fingerprint density at radius 3 is 2.47 bits per heavy atom. The first-order valence-electron chi connectivity index (χ1n) is 6.87. The Kier molecular flexibility index (Phi) is 3.14. The summed E-state index contributed by atoms with van der Waals surface area (Å²) in [4.78, 5) is 15.5. The molecule has 0 spiro atoms. The molecule has 1 saturated carbocycles. The zero-order valence-corrected chi connectivity index (χ0v) is 11.2. The molecule has 0 radical (unpaired) electrons. The van der Waals surface area contributed by atoms with Gasteiger partial charge in [-0.15, -0.1) is 0 Å². The lowest BCUT2D eigenvalue weighted by Crippen LogP contribution is -2.44. The first-order chi connectivity index (χ1) is 9.15. The fourth-order valence-electron chi connectivity index (χ4n) is 2.69. The molecule has 3 rings (SSSR count). The van der Waals surface area contributed by atoms with Crippen molar-refractivity contribution >= 4 is 11.4 Å². The van der Waals surface area contributed by atoms with Crippen molar-refractivity contribution < 1.29 is 4.92 Å². The van der Waals surface area contributed by atoms with Crippen LogP contribution in [0.5, 0.6) is 0 Å². The molecule has 1 aliphatic carbocycles. The summed E-state index contributed by atoms with van der Waals surface area (Å²) >= 11 is 0. The van der Waals surface area contributed by atoms with Crippen molar-refractivity contribution in [3.8, 4) is 0 Å². The quantitative estimate of drug-likeness (QED) is 0.618. The molecule has 0 amide bonds. The first kappa shape index (κ1) is 12.4. The van der Waals surface area contributed by atoms with Gasteiger partial charge in [-0.3, -0.25) is 10.1 Å². The smallest absolute Gasteiger partial charge is 0.273 e. The van der Waals surface area contributed by atoms with Crippen LogP contribution in [0.25, 0.3) is 0 Å². The van der Waals surface area contributed by atoms with Gasteiger partial charge in [0.2, 0.25) is 0 Å². The predicted octanol–water partition coefficient (Wildman–Crippen LogP) is 2.22. The van der Waals surface area contributed by atoms with Crippen molar-refractivity contribution in [3.05, 3.63) is 33.9 Å². The maximum Gasteiger partial charge on any atom is 0.273 e. The van der Waals surface area contributed by atoms with Crippen LogP contribution in [0.3, 0.4) is 0 Å². The van der Waals surface area contributed by atoms with Crippen LogP contribution in [0.2, 0.25) is 0 Å². The van der Waals surface area contributed by atoms with Crippen LogP contribution in [-0.4, -0.2) is 43.0 Å². The average Bonchev–Trinajstić information content (AvgIpc) is 3.23. The Hall–Kier alpha value is -1.62. The monoisotopic (exact) mass is 261 g/mol. The third-order valence-electron chi connectivity index (χ3n) is 4.09. The molecule has 19 heavy (non-hydrogen) atoms. The van der Waals surface area contributed by atoms with Crippen molar-refractivity contribution in [2.45, 2.75) is 18.8 Å². The lowest BCUT2D eigenvalue weighted by molar-refractivity contribution is -0.385. The van der Waals surface area contributed by atoms with Gasteiger partial charge >= 0.3 is 0 Å². The predicted molar refractivity (Wildman–Crippen MR) is 74.8 cm³/mol. The van der Waals surface area contributed by atoms with E-state index < -0.39 is 0 Å². The summed E-state index contributed by atoms with van der Waals surface area (Å²) in [5.41, 5.74) is 2.36. The highest BCUT2D eigenvalue weighted by atomic mass is 16.6. The van der Waals surface area contributed by atoms with Gasteiger partial charge < -0.3 is 9.80 Å². The molecule has 5 nitrogen and oxygen atoms in total. The van der Waals surface area contributed by atoms with Gasteiger partial charge in [0.1, 0.15) is 0 Å². The molecule has 0 aromatic heterocycles. The second kappa shape index (κ2) is 4.81. The fourth-order valence-corrected chi connectivity index (χ4v) is 2.69. The SMILES string of the molecule is CN1CCN(c2ccc([N+](=O)[O-])c(C3CC3)c2)CC1. The fraction of sp³-hybridized carbons (Fsp3) is 0.571. The van der Waals surface area contributed by atoms with E-state index in [0.717, 1.165) is 50.3 Å². The molecule has 1 saturated heterocycles. The highest BCUT2D eigenvalue weighted by Crippen LogP contribution is 2.45. The molecule has 5 heteroatoms. The van der Waals surface area contributed by atoms with Gasteiger partial charge in [0.05, 0.1) is 4.92 Å².